The van der Waals surface area contributed by atoms with Crippen LogP contribution in [0.5, 0.6) is 0 Å². The van der Waals surface area contributed by atoms with Crippen LogP contribution in [-0.4, -0.2) is 48.5 Å². The maximum Gasteiger partial charge on any atom is 0.333 e. The first-order chi connectivity index (χ1) is 19.0. The van der Waals surface area contributed by atoms with E-state index in [4.69, 9.17) is 4.74 Å². The van der Waals surface area contributed by atoms with Crippen molar-refractivity contribution in [1.82, 2.24) is 0 Å². The van der Waals surface area contributed by atoms with Crippen molar-refractivity contribution in [1.29, 1.82) is 0 Å². The van der Waals surface area contributed by atoms with Gasteiger partial charge in [0.2, 0.25) is 5.78 Å². The van der Waals surface area contributed by atoms with E-state index in [1.54, 1.807) is 11.3 Å². The number of quaternary nitrogens is 1. The number of hydrogen-bond acceptors (Lipinski definition) is 5. The summed E-state index contributed by atoms with van der Waals surface area (Å²) in [5, 5.41) is 6.73. The van der Waals surface area contributed by atoms with Crippen LogP contribution in [0, 0.1) is 5.92 Å². The average molecular weight is 540 g/mol. The minimum Gasteiger partial charge on any atom is -0.454 e. The van der Waals surface area contributed by atoms with Crippen LogP contribution < -0.4 is 5.32 Å². The number of ether oxygens (including phenoxy) is 1. The minimum absolute atomic E-state index is 0.168. The molecule has 2 atom stereocenters. The van der Waals surface area contributed by atoms with Crippen molar-refractivity contribution < 1.29 is 18.8 Å². The Balaban J connectivity index is 1.25. The van der Waals surface area contributed by atoms with Gasteiger partial charge in [-0.15, -0.1) is 11.3 Å². The number of piperidine rings is 3. The van der Waals surface area contributed by atoms with E-state index < -0.39 is 6.04 Å². The van der Waals surface area contributed by atoms with E-state index in [-0.39, 0.29) is 17.9 Å². The number of nitrogens with one attached hydrogen (secondary N) is 1. The van der Waals surface area contributed by atoms with Crippen molar-refractivity contribution in [2.75, 3.05) is 31.5 Å². The quantitative estimate of drug-likeness (QED) is 0.147. The number of thiophene rings is 1. The van der Waals surface area contributed by atoms with Gasteiger partial charge in [-0.3, -0.25) is 4.79 Å². The van der Waals surface area contributed by atoms with Crippen LogP contribution in [-0.2, 0) is 16.0 Å². The summed E-state index contributed by atoms with van der Waals surface area (Å²) in [5.74, 6) is 0.279. The van der Waals surface area contributed by atoms with Gasteiger partial charge in [0, 0.05) is 40.3 Å². The van der Waals surface area contributed by atoms with E-state index in [1.165, 1.54) is 5.56 Å². The predicted molar refractivity (Wildman–Crippen MR) is 157 cm³/mol. The molecule has 0 aliphatic carbocycles. The summed E-state index contributed by atoms with van der Waals surface area (Å²) < 4.78 is 8.26. The Morgan fingerprint density at radius 2 is 1.69 bits per heavy atom. The number of esters is 1. The zero-order chi connectivity index (χ0) is 26.8. The molecule has 7 rings (SSSR count). The Morgan fingerprint density at radius 3 is 2.49 bits per heavy atom. The zero-order valence-electron chi connectivity index (χ0n) is 22.3. The third kappa shape index (κ3) is 5.23. The second-order valence-corrected chi connectivity index (χ2v) is 11.9. The Morgan fingerprint density at radius 1 is 0.974 bits per heavy atom. The lowest BCUT2D eigenvalue weighted by molar-refractivity contribution is -0.938. The third-order valence-corrected chi connectivity index (χ3v) is 9.62. The molecule has 5 nitrogen and oxygen atoms in total. The minimum atomic E-state index is -0.608. The van der Waals surface area contributed by atoms with E-state index in [1.807, 2.05) is 60.7 Å². The topological polar surface area (TPSA) is 55.4 Å². The molecule has 0 radical (unpaired) electrons. The van der Waals surface area contributed by atoms with Crippen molar-refractivity contribution in [3.8, 4) is 0 Å². The second kappa shape index (κ2) is 10.9. The monoisotopic (exact) mass is 539 g/mol. The summed E-state index contributed by atoms with van der Waals surface area (Å²) >= 11 is 1.65. The number of carbonyl (C=O) groups excluding carboxylic acids is 2. The fraction of sp³-hybridized carbons (Fsp3) is 0.333. The highest BCUT2D eigenvalue weighted by molar-refractivity contribution is 7.17. The van der Waals surface area contributed by atoms with Gasteiger partial charge in [0.1, 0.15) is 13.1 Å². The lowest BCUT2D eigenvalue weighted by Crippen LogP contribution is -2.65. The molecule has 4 aromatic rings. The number of rotatable bonds is 9. The molecule has 1 N–H and O–H groups in total. The molecular formula is C33H35N2O3S+. The van der Waals surface area contributed by atoms with Crippen LogP contribution in [0.3, 0.4) is 0 Å². The van der Waals surface area contributed by atoms with Crippen molar-refractivity contribution in [3.63, 3.8) is 0 Å². The number of carbonyl (C=O) groups is 2. The molecule has 3 aromatic carbocycles. The molecule has 3 aliphatic rings. The number of ketones is 1. The maximum atomic E-state index is 14.0. The normalized spacial score (nSPS) is 22.9. The highest BCUT2D eigenvalue weighted by atomic mass is 32.1. The molecule has 39 heavy (non-hydrogen) atoms. The molecule has 2 bridgehead atoms. The highest BCUT2D eigenvalue weighted by Gasteiger charge is 2.49. The standard InChI is InChI=1S/C33H35N2O3S/c1-2-23-10-6-8-14-28(23)34-32(27-22-39-31-15-9-7-13-26(27)31)33(37)38-30-21-35(18-16-25(30)17-19-35)20-29(36)24-11-4-3-5-12-24/h3-15,22,25,30,32,34H,2,16-21H2,1H3/q+1/t25?,30-,32+,35?/m0/s1. The summed E-state index contributed by atoms with van der Waals surface area (Å²) in [6, 6.07) is 25.3. The van der Waals surface area contributed by atoms with Gasteiger partial charge in [0.05, 0.1) is 13.1 Å². The first-order valence-electron chi connectivity index (χ1n) is 14.0. The molecule has 3 saturated heterocycles. The average Bonchev–Trinajstić information content (AvgIpc) is 3.41. The van der Waals surface area contributed by atoms with Gasteiger partial charge < -0.3 is 14.5 Å². The van der Waals surface area contributed by atoms with Crippen LogP contribution in [0.4, 0.5) is 5.69 Å². The van der Waals surface area contributed by atoms with Crippen molar-refractivity contribution in [2.24, 2.45) is 5.92 Å². The van der Waals surface area contributed by atoms with E-state index in [2.05, 4.69) is 35.8 Å². The van der Waals surface area contributed by atoms with Gasteiger partial charge >= 0.3 is 5.97 Å². The molecule has 6 heteroatoms. The van der Waals surface area contributed by atoms with Crippen molar-refractivity contribution >= 4 is 38.9 Å². The highest BCUT2D eigenvalue weighted by Crippen LogP contribution is 2.38. The maximum absolute atomic E-state index is 14.0. The summed E-state index contributed by atoms with van der Waals surface area (Å²) in [4.78, 5) is 27.2. The van der Waals surface area contributed by atoms with Gasteiger partial charge in [0.15, 0.2) is 12.1 Å². The van der Waals surface area contributed by atoms with Crippen molar-refractivity contribution in [3.05, 3.63) is 101 Å². The van der Waals surface area contributed by atoms with Crippen LogP contribution >= 0.6 is 11.3 Å². The Kier molecular flexibility index (Phi) is 7.24. The molecule has 200 valence electrons. The van der Waals surface area contributed by atoms with Gasteiger partial charge in [-0.1, -0.05) is 73.7 Å². The Labute approximate surface area is 234 Å². The van der Waals surface area contributed by atoms with Gasteiger partial charge in [-0.2, -0.15) is 0 Å². The molecule has 0 unspecified atom stereocenters. The van der Waals surface area contributed by atoms with Crippen LogP contribution in [0.1, 0.15) is 47.3 Å². The third-order valence-electron chi connectivity index (χ3n) is 8.64. The fourth-order valence-corrected chi connectivity index (χ4v) is 7.41. The van der Waals surface area contributed by atoms with E-state index >= 15 is 0 Å². The van der Waals surface area contributed by atoms with Gasteiger partial charge in [-0.25, -0.2) is 4.79 Å². The van der Waals surface area contributed by atoms with E-state index in [0.717, 1.165) is 59.3 Å². The molecular weight excluding hydrogens is 504 g/mol. The first-order valence-corrected chi connectivity index (χ1v) is 14.9. The van der Waals surface area contributed by atoms with Crippen LogP contribution in [0.2, 0.25) is 0 Å². The lowest BCUT2D eigenvalue weighted by atomic mass is 9.82. The summed E-state index contributed by atoms with van der Waals surface area (Å²) in [5.41, 5.74) is 3.84. The number of aryl methyl sites for hydroxylation is 1. The molecule has 3 aliphatic heterocycles. The largest absolute Gasteiger partial charge is 0.454 e. The summed E-state index contributed by atoms with van der Waals surface area (Å²) in [7, 11) is 0. The molecule has 0 spiro atoms. The predicted octanol–water partition coefficient (Wildman–Crippen LogP) is 6.65. The number of anilines is 1. The number of hydrogen-bond donors (Lipinski definition) is 1. The molecule has 4 heterocycles. The van der Waals surface area contributed by atoms with Crippen LogP contribution in [0.25, 0.3) is 10.1 Å². The molecule has 0 saturated carbocycles. The molecule has 1 aromatic heterocycles. The summed E-state index contributed by atoms with van der Waals surface area (Å²) in [6.45, 7) is 5.24. The van der Waals surface area contributed by atoms with Crippen LogP contribution in [0.15, 0.2) is 84.2 Å². The van der Waals surface area contributed by atoms with Gasteiger partial charge in [-0.05, 0) is 34.9 Å². The van der Waals surface area contributed by atoms with Crippen molar-refractivity contribution in [2.45, 2.75) is 38.3 Å². The van der Waals surface area contributed by atoms with E-state index in [0.29, 0.717) is 23.5 Å². The number of nitrogens with zero attached hydrogens (tertiary/aromatic N) is 1. The molecule has 0 amide bonds. The molecule has 3 fully saturated rings. The SMILES string of the molecule is CCc1ccccc1N[C@@H](C(=O)O[C@H]1C[N+]2(CC(=O)c3ccccc3)CCC1CC2)c1csc2ccccc12. The first kappa shape index (κ1) is 25.8. The second-order valence-electron chi connectivity index (χ2n) is 11.0. The zero-order valence-corrected chi connectivity index (χ0v) is 23.2. The Bertz CT molecular complexity index is 1470. The van der Waals surface area contributed by atoms with E-state index in [9.17, 15) is 9.59 Å². The lowest BCUT2D eigenvalue weighted by Gasteiger charge is -2.51. The van der Waals surface area contributed by atoms with Gasteiger partial charge in [0.25, 0.3) is 0 Å². The Hall–Kier alpha value is -3.48. The number of benzene rings is 3. The smallest absolute Gasteiger partial charge is 0.333 e. The number of para-hydroxylation sites is 1. The summed E-state index contributed by atoms with van der Waals surface area (Å²) in [6.07, 6.45) is 2.66. The fourth-order valence-electron chi connectivity index (χ4n) is 6.42. The number of Topliss-reactive ketones (excluding diaryl/α,β-unsaturated/α-hetero) is 1. The number of fused-ring (bicyclic) bond motifs is 4.